The van der Waals surface area contributed by atoms with Crippen LogP contribution in [0.2, 0.25) is 0 Å². The molecule has 0 saturated carbocycles. The van der Waals surface area contributed by atoms with Crippen LogP contribution in [0.25, 0.3) is 0 Å². The molecule has 1 aliphatic heterocycles. The number of amides is 1. The number of nitrogens with zero attached hydrogens (tertiary/aromatic N) is 1. The number of H-pyrrole nitrogens is 1. The van der Waals surface area contributed by atoms with Crippen molar-refractivity contribution < 1.29 is 13.2 Å². The number of pyridine rings is 1. The predicted octanol–water partition coefficient (Wildman–Crippen LogP) is 1.13. The van der Waals surface area contributed by atoms with Gasteiger partial charge in [0.05, 0.1) is 4.90 Å². The zero-order chi connectivity index (χ0) is 20.3. The Morgan fingerprint density at radius 3 is 2.71 bits per heavy atom. The van der Waals surface area contributed by atoms with E-state index in [1.165, 1.54) is 6.07 Å². The Labute approximate surface area is 163 Å². The molecule has 1 aromatic carbocycles. The number of carbonyl (C=O) groups is 1. The largest absolute Gasteiger partial charge is 0.352 e. The summed E-state index contributed by atoms with van der Waals surface area (Å²) < 4.78 is 26.5. The van der Waals surface area contributed by atoms with Crippen LogP contribution in [0.4, 0.5) is 0 Å². The molecule has 1 aromatic heterocycles. The van der Waals surface area contributed by atoms with Crippen molar-refractivity contribution >= 4 is 21.8 Å². The Hall–Kier alpha value is -2.94. The molecule has 2 aromatic rings. The molecule has 8 nitrogen and oxygen atoms in total. The second kappa shape index (κ2) is 7.97. The highest BCUT2D eigenvalue weighted by molar-refractivity contribution is 7.90. The maximum atomic E-state index is 12.0. The number of aromatic amines is 1. The fourth-order valence-electron chi connectivity index (χ4n) is 3.06. The van der Waals surface area contributed by atoms with E-state index in [1.807, 2.05) is 13.0 Å². The van der Waals surface area contributed by atoms with Crippen LogP contribution >= 0.6 is 0 Å². The first-order chi connectivity index (χ1) is 13.3. The van der Waals surface area contributed by atoms with Gasteiger partial charge in [0.1, 0.15) is 5.84 Å². The van der Waals surface area contributed by atoms with Crippen LogP contribution in [0.5, 0.6) is 0 Å². The molecule has 0 aliphatic carbocycles. The zero-order valence-electron chi connectivity index (χ0n) is 15.7. The van der Waals surface area contributed by atoms with Crippen LogP contribution in [-0.2, 0) is 21.4 Å². The molecule has 1 aliphatic rings. The van der Waals surface area contributed by atoms with Crippen LogP contribution in [0.1, 0.15) is 35.2 Å². The zero-order valence-corrected chi connectivity index (χ0v) is 16.5. The maximum Gasteiger partial charge on any atom is 0.263 e. The first-order valence-corrected chi connectivity index (χ1v) is 10.4. The summed E-state index contributed by atoms with van der Waals surface area (Å²) in [7, 11) is -3.55. The molecule has 0 fully saturated rings. The molecule has 2 heterocycles. The van der Waals surface area contributed by atoms with E-state index >= 15 is 0 Å². The summed E-state index contributed by atoms with van der Waals surface area (Å²) in [5.74, 6) is 0.116. The van der Waals surface area contributed by atoms with Crippen molar-refractivity contribution in [1.82, 2.24) is 15.0 Å². The van der Waals surface area contributed by atoms with E-state index in [4.69, 9.17) is 0 Å². The number of aromatic nitrogens is 1. The van der Waals surface area contributed by atoms with Gasteiger partial charge in [0.2, 0.25) is 5.91 Å². The molecule has 0 unspecified atom stereocenters. The third kappa shape index (κ3) is 4.30. The Balaban J connectivity index is 1.52. The number of aryl methyl sites for hydroxylation is 2. The number of nitrogens with one attached hydrogen (secondary N) is 3. The van der Waals surface area contributed by atoms with Crippen LogP contribution in [0.15, 0.2) is 45.0 Å². The first kappa shape index (κ1) is 19.8. The lowest BCUT2D eigenvalue weighted by Crippen LogP contribution is -2.28. The number of benzene rings is 1. The fourth-order valence-corrected chi connectivity index (χ4v) is 4.31. The summed E-state index contributed by atoms with van der Waals surface area (Å²) in [6.07, 6.45) is 0.691. The van der Waals surface area contributed by atoms with E-state index in [1.54, 1.807) is 25.1 Å². The lowest BCUT2D eigenvalue weighted by Gasteiger charge is -2.08. The van der Waals surface area contributed by atoms with E-state index < -0.39 is 10.0 Å². The predicted molar refractivity (Wildman–Crippen MR) is 106 cm³/mol. The first-order valence-electron chi connectivity index (χ1n) is 8.91. The number of aliphatic imine (C=N–C) groups is 1. The monoisotopic (exact) mass is 402 g/mol. The van der Waals surface area contributed by atoms with Crippen molar-refractivity contribution in [2.24, 2.45) is 4.99 Å². The molecule has 28 heavy (non-hydrogen) atoms. The smallest absolute Gasteiger partial charge is 0.263 e. The van der Waals surface area contributed by atoms with Gasteiger partial charge in [0.25, 0.3) is 15.6 Å². The van der Waals surface area contributed by atoms with E-state index in [0.717, 1.165) is 11.3 Å². The van der Waals surface area contributed by atoms with Gasteiger partial charge < -0.3 is 10.3 Å². The van der Waals surface area contributed by atoms with Crippen molar-refractivity contribution in [3.8, 4) is 0 Å². The van der Waals surface area contributed by atoms with Crippen molar-refractivity contribution in [2.75, 3.05) is 6.54 Å². The molecule has 0 saturated heterocycles. The molecular weight excluding hydrogens is 380 g/mol. The topological polar surface area (TPSA) is 120 Å². The number of sulfonamides is 1. The second-order valence-corrected chi connectivity index (χ2v) is 8.31. The van der Waals surface area contributed by atoms with Gasteiger partial charge in [0.15, 0.2) is 0 Å². The summed E-state index contributed by atoms with van der Waals surface area (Å²) in [5.41, 5.74) is 2.49. The molecule has 9 heteroatoms. The highest BCUT2D eigenvalue weighted by Crippen LogP contribution is 2.22. The summed E-state index contributed by atoms with van der Waals surface area (Å²) in [4.78, 5) is 31.2. The Bertz CT molecular complexity index is 1100. The van der Waals surface area contributed by atoms with E-state index in [2.05, 4.69) is 20.0 Å². The molecule has 3 rings (SSSR count). The lowest BCUT2D eigenvalue weighted by atomic mass is 10.1. The van der Waals surface area contributed by atoms with Crippen molar-refractivity contribution in [1.29, 1.82) is 0 Å². The van der Waals surface area contributed by atoms with Gasteiger partial charge in [-0.2, -0.15) is 0 Å². The second-order valence-electron chi connectivity index (χ2n) is 6.66. The average Bonchev–Trinajstić information content (AvgIpc) is 2.89. The molecule has 0 spiro atoms. The minimum Gasteiger partial charge on any atom is -0.352 e. The molecular formula is C19H22N4O4S. The molecule has 1 amide bonds. The van der Waals surface area contributed by atoms with Crippen LogP contribution < -0.4 is 15.6 Å². The third-order valence-corrected chi connectivity index (χ3v) is 5.85. The SMILES string of the molecule is Cc1cc(C)c(CNC(=O)CCCN=C2NS(=O)(=O)c3ccccc32)c(=O)[nH]1. The lowest BCUT2D eigenvalue weighted by molar-refractivity contribution is -0.121. The number of amidine groups is 1. The van der Waals surface area contributed by atoms with Gasteiger partial charge in [-0.1, -0.05) is 12.1 Å². The van der Waals surface area contributed by atoms with Crippen LogP contribution in [-0.4, -0.2) is 31.7 Å². The van der Waals surface area contributed by atoms with Crippen LogP contribution in [0, 0.1) is 13.8 Å². The van der Waals surface area contributed by atoms with Crippen molar-refractivity contribution in [2.45, 2.75) is 38.1 Å². The number of hydrogen-bond donors (Lipinski definition) is 3. The molecule has 148 valence electrons. The summed E-state index contributed by atoms with van der Waals surface area (Å²) in [5, 5.41) is 2.74. The van der Waals surface area contributed by atoms with Gasteiger partial charge >= 0.3 is 0 Å². The van der Waals surface area contributed by atoms with Gasteiger partial charge in [-0.15, -0.1) is 0 Å². The number of fused-ring (bicyclic) bond motifs is 1. The Kier molecular flexibility index (Phi) is 5.64. The van der Waals surface area contributed by atoms with Crippen molar-refractivity contribution in [3.63, 3.8) is 0 Å². The van der Waals surface area contributed by atoms with Gasteiger partial charge in [-0.3, -0.25) is 19.3 Å². The quantitative estimate of drug-likeness (QED) is 0.627. The molecule has 0 radical (unpaired) electrons. The molecule has 0 bridgehead atoms. The van der Waals surface area contributed by atoms with Gasteiger partial charge in [0, 0.05) is 36.3 Å². The van der Waals surface area contributed by atoms with Crippen LogP contribution in [0.3, 0.4) is 0 Å². The standard InChI is InChI=1S/C19H22N4O4S/c1-12-10-13(2)22-19(25)15(12)11-21-17(24)8-5-9-20-18-14-6-3-4-7-16(14)28(26,27)23-18/h3-4,6-7,10H,5,8-9,11H2,1-2H3,(H,20,23)(H,21,24)(H,22,25). The average molecular weight is 402 g/mol. The third-order valence-electron chi connectivity index (χ3n) is 4.45. The molecule has 3 N–H and O–H groups in total. The molecule has 0 atom stereocenters. The van der Waals surface area contributed by atoms with Crippen molar-refractivity contribution in [3.05, 3.63) is 63.1 Å². The fraction of sp³-hybridized carbons (Fsp3) is 0.316. The Morgan fingerprint density at radius 1 is 1.21 bits per heavy atom. The number of hydrogen-bond acceptors (Lipinski definition) is 5. The maximum absolute atomic E-state index is 12.0. The van der Waals surface area contributed by atoms with E-state index in [-0.39, 0.29) is 29.3 Å². The highest BCUT2D eigenvalue weighted by atomic mass is 32.2. The minimum absolute atomic E-state index is 0.169. The van der Waals surface area contributed by atoms with E-state index in [9.17, 15) is 18.0 Å². The highest BCUT2D eigenvalue weighted by Gasteiger charge is 2.29. The summed E-state index contributed by atoms with van der Waals surface area (Å²) >= 11 is 0. The van der Waals surface area contributed by atoms with Gasteiger partial charge in [-0.05, 0) is 44.0 Å². The van der Waals surface area contributed by atoms with E-state index in [0.29, 0.717) is 29.9 Å². The normalized spacial score (nSPS) is 15.9. The summed E-state index contributed by atoms with van der Waals surface area (Å²) in [6, 6.07) is 8.49. The number of rotatable bonds is 6. The Morgan fingerprint density at radius 2 is 1.96 bits per heavy atom. The minimum atomic E-state index is -3.55. The summed E-state index contributed by atoms with van der Waals surface area (Å²) in [6.45, 7) is 4.12. The number of carbonyl (C=O) groups excluding carboxylic acids is 1. The van der Waals surface area contributed by atoms with Gasteiger partial charge in [-0.25, -0.2) is 8.42 Å².